The van der Waals surface area contributed by atoms with E-state index in [1.54, 1.807) is 0 Å². The van der Waals surface area contributed by atoms with Crippen LogP contribution in [0.15, 0.2) is 0 Å². The van der Waals surface area contributed by atoms with Crippen molar-refractivity contribution in [3.8, 4) is 0 Å². The summed E-state index contributed by atoms with van der Waals surface area (Å²) in [4.78, 5) is 14.5. The van der Waals surface area contributed by atoms with E-state index in [2.05, 4.69) is 11.8 Å². The van der Waals surface area contributed by atoms with Gasteiger partial charge in [-0.1, -0.05) is 32.6 Å². The lowest BCUT2D eigenvalue weighted by Crippen LogP contribution is -2.49. The summed E-state index contributed by atoms with van der Waals surface area (Å²) in [5.41, 5.74) is 0.611. The van der Waals surface area contributed by atoms with Crippen molar-refractivity contribution < 1.29 is 9.53 Å². The molecular formula is C17H31NO2. The van der Waals surface area contributed by atoms with Crippen LogP contribution < -0.4 is 0 Å². The van der Waals surface area contributed by atoms with Crippen LogP contribution in [-0.2, 0) is 9.53 Å². The van der Waals surface area contributed by atoms with E-state index < -0.39 is 0 Å². The van der Waals surface area contributed by atoms with Crippen LogP contribution in [0.1, 0.15) is 71.6 Å². The van der Waals surface area contributed by atoms with Gasteiger partial charge in [0.05, 0.1) is 6.61 Å². The van der Waals surface area contributed by atoms with Crippen molar-refractivity contribution in [3.05, 3.63) is 0 Å². The number of rotatable bonds is 5. The molecule has 0 bridgehead atoms. The van der Waals surface area contributed by atoms with Crippen molar-refractivity contribution in [2.24, 2.45) is 5.41 Å². The molecule has 0 aromatic carbocycles. The monoisotopic (exact) mass is 281 g/mol. The summed E-state index contributed by atoms with van der Waals surface area (Å²) in [6.45, 7) is 6.72. The zero-order valence-corrected chi connectivity index (χ0v) is 13.3. The molecule has 1 unspecified atom stereocenters. The first-order chi connectivity index (χ1) is 9.71. The number of ether oxygens (including phenoxy) is 1. The molecule has 2 rings (SSSR count). The number of likely N-dealkylation sites (tertiary alicyclic amines) is 1. The molecule has 0 radical (unpaired) electrons. The van der Waals surface area contributed by atoms with E-state index in [-0.39, 0.29) is 12.0 Å². The van der Waals surface area contributed by atoms with Gasteiger partial charge in [0.15, 0.2) is 0 Å². The highest BCUT2D eigenvalue weighted by molar-refractivity contribution is 5.75. The second-order valence-corrected chi connectivity index (χ2v) is 6.65. The third-order valence-corrected chi connectivity index (χ3v) is 5.33. The third-order valence-electron chi connectivity index (χ3n) is 5.33. The molecule has 1 saturated carbocycles. The molecule has 1 atom stereocenters. The molecule has 116 valence electrons. The van der Waals surface area contributed by atoms with Crippen molar-refractivity contribution in [2.75, 3.05) is 19.7 Å². The molecule has 0 aromatic heterocycles. The number of carbonyl (C=O) groups is 1. The predicted octanol–water partition coefficient (Wildman–Crippen LogP) is 3.76. The maximum atomic E-state index is 12.1. The highest BCUT2D eigenvalue weighted by Crippen LogP contribution is 2.44. The maximum absolute atomic E-state index is 12.1. The average molecular weight is 281 g/mol. The summed E-state index contributed by atoms with van der Waals surface area (Å²) in [6, 6.07) is 0.000825. The first-order valence-corrected chi connectivity index (χ1v) is 8.61. The summed E-state index contributed by atoms with van der Waals surface area (Å²) in [7, 11) is 0. The minimum Gasteiger partial charge on any atom is -0.465 e. The van der Waals surface area contributed by atoms with Crippen LogP contribution in [0.25, 0.3) is 0 Å². The quantitative estimate of drug-likeness (QED) is 0.719. The Kier molecular flexibility index (Phi) is 5.88. The lowest BCUT2D eigenvalue weighted by atomic mass is 9.68. The smallest absolute Gasteiger partial charge is 0.323 e. The highest BCUT2D eigenvalue weighted by atomic mass is 16.5. The van der Waals surface area contributed by atoms with Crippen LogP contribution in [-0.4, -0.2) is 36.6 Å². The van der Waals surface area contributed by atoms with Crippen LogP contribution in [0.3, 0.4) is 0 Å². The molecule has 1 aliphatic heterocycles. The fraction of sp³-hybridized carbons (Fsp3) is 0.941. The number of nitrogens with zero attached hydrogens (tertiary/aromatic N) is 1. The predicted molar refractivity (Wildman–Crippen MR) is 81.7 cm³/mol. The topological polar surface area (TPSA) is 29.5 Å². The number of piperidine rings is 1. The highest BCUT2D eigenvalue weighted by Gasteiger charge is 2.38. The Labute approximate surface area is 124 Å². The standard InChI is InChI=1S/C17H31NO2/c1-3-8-15(16(19)20-4-2)18-13-11-17(12-14-18)9-6-5-7-10-17/h15H,3-14H2,1-2H3. The SMILES string of the molecule is CCCC(C(=O)OCC)N1CCC2(CCCCC2)CC1. The van der Waals surface area contributed by atoms with Gasteiger partial charge >= 0.3 is 5.97 Å². The Balaban J connectivity index is 1.90. The van der Waals surface area contributed by atoms with E-state index in [1.807, 2.05) is 6.92 Å². The molecule has 3 heteroatoms. The summed E-state index contributed by atoms with van der Waals surface area (Å²) in [6.07, 6.45) is 11.6. The van der Waals surface area contributed by atoms with Crippen molar-refractivity contribution in [1.82, 2.24) is 4.90 Å². The molecule has 2 fully saturated rings. The van der Waals surface area contributed by atoms with E-state index >= 15 is 0 Å². The molecule has 0 aromatic rings. The van der Waals surface area contributed by atoms with Gasteiger partial charge in [-0.05, 0) is 57.5 Å². The van der Waals surface area contributed by atoms with Gasteiger partial charge in [-0.2, -0.15) is 0 Å². The maximum Gasteiger partial charge on any atom is 0.323 e. The number of hydrogen-bond acceptors (Lipinski definition) is 3. The molecule has 1 spiro atoms. The summed E-state index contributed by atoms with van der Waals surface area (Å²) < 4.78 is 5.27. The summed E-state index contributed by atoms with van der Waals surface area (Å²) in [5, 5.41) is 0. The molecule has 0 amide bonds. The Morgan fingerprint density at radius 1 is 1.10 bits per heavy atom. The zero-order valence-electron chi connectivity index (χ0n) is 13.3. The third kappa shape index (κ3) is 3.75. The van der Waals surface area contributed by atoms with E-state index in [9.17, 15) is 4.79 Å². The number of hydrogen-bond donors (Lipinski definition) is 0. The van der Waals surface area contributed by atoms with Crippen LogP contribution in [0, 0.1) is 5.41 Å². The van der Waals surface area contributed by atoms with E-state index in [4.69, 9.17) is 4.74 Å². The fourth-order valence-corrected chi connectivity index (χ4v) is 4.07. The molecular weight excluding hydrogens is 250 g/mol. The van der Waals surface area contributed by atoms with Gasteiger partial charge in [-0.3, -0.25) is 9.69 Å². The van der Waals surface area contributed by atoms with Gasteiger partial charge < -0.3 is 4.74 Å². The minimum atomic E-state index is -0.00561. The van der Waals surface area contributed by atoms with E-state index in [0.717, 1.165) is 25.9 Å². The molecule has 20 heavy (non-hydrogen) atoms. The second-order valence-electron chi connectivity index (χ2n) is 6.65. The Hall–Kier alpha value is -0.570. The van der Waals surface area contributed by atoms with Gasteiger partial charge in [0.1, 0.15) is 6.04 Å². The first kappa shape index (κ1) is 15.8. The first-order valence-electron chi connectivity index (χ1n) is 8.61. The number of carbonyl (C=O) groups excluding carboxylic acids is 1. The van der Waals surface area contributed by atoms with Crippen molar-refractivity contribution in [1.29, 1.82) is 0 Å². The molecule has 2 aliphatic rings. The van der Waals surface area contributed by atoms with Crippen LogP contribution >= 0.6 is 0 Å². The van der Waals surface area contributed by atoms with Gasteiger partial charge in [0, 0.05) is 0 Å². The summed E-state index contributed by atoms with van der Waals surface area (Å²) >= 11 is 0. The van der Waals surface area contributed by atoms with E-state index in [1.165, 1.54) is 44.9 Å². The molecule has 3 nitrogen and oxygen atoms in total. The molecule has 1 aliphatic carbocycles. The molecule has 1 heterocycles. The normalized spacial score (nSPS) is 24.5. The minimum absolute atomic E-state index is 0.000825. The number of esters is 1. The van der Waals surface area contributed by atoms with Gasteiger partial charge in [0.25, 0.3) is 0 Å². The Bertz CT molecular complexity index is 300. The van der Waals surface area contributed by atoms with Crippen LogP contribution in [0.2, 0.25) is 0 Å². The zero-order chi connectivity index (χ0) is 14.4. The fourth-order valence-electron chi connectivity index (χ4n) is 4.07. The summed E-state index contributed by atoms with van der Waals surface area (Å²) in [5.74, 6) is -0.00561. The van der Waals surface area contributed by atoms with Crippen LogP contribution in [0.4, 0.5) is 0 Å². The van der Waals surface area contributed by atoms with Crippen LogP contribution in [0.5, 0.6) is 0 Å². The van der Waals surface area contributed by atoms with Crippen molar-refractivity contribution in [3.63, 3.8) is 0 Å². The molecule has 0 N–H and O–H groups in total. The van der Waals surface area contributed by atoms with Gasteiger partial charge in [0.2, 0.25) is 0 Å². The largest absolute Gasteiger partial charge is 0.465 e. The Morgan fingerprint density at radius 2 is 1.75 bits per heavy atom. The average Bonchev–Trinajstić information content (AvgIpc) is 2.47. The lowest BCUT2D eigenvalue weighted by molar-refractivity contribution is -0.151. The van der Waals surface area contributed by atoms with Gasteiger partial charge in [-0.15, -0.1) is 0 Å². The molecule has 1 saturated heterocycles. The van der Waals surface area contributed by atoms with Gasteiger partial charge in [-0.25, -0.2) is 0 Å². The lowest BCUT2D eigenvalue weighted by Gasteiger charge is -2.46. The Morgan fingerprint density at radius 3 is 2.30 bits per heavy atom. The van der Waals surface area contributed by atoms with E-state index in [0.29, 0.717) is 12.0 Å². The second kappa shape index (κ2) is 7.44. The van der Waals surface area contributed by atoms with Crippen molar-refractivity contribution in [2.45, 2.75) is 77.7 Å². The van der Waals surface area contributed by atoms with Crippen molar-refractivity contribution >= 4 is 5.97 Å².